The molecule has 0 bridgehead atoms. The quantitative estimate of drug-likeness (QED) is 0.472. The third-order valence-corrected chi connectivity index (χ3v) is 6.69. The van der Waals surface area contributed by atoms with Gasteiger partial charge in [0.1, 0.15) is 6.04 Å². The molecule has 0 fully saturated rings. The molecular formula is C25H30N4O3S. The smallest absolute Gasteiger partial charge is 0.261 e. The summed E-state index contributed by atoms with van der Waals surface area (Å²) in [6, 6.07) is 16.9. The maximum atomic E-state index is 12.5. The molecular weight excluding hydrogens is 436 g/mol. The second-order valence-electron chi connectivity index (χ2n) is 9.06. The molecule has 0 spiro atoms. The number of benzene rings is 2. The van der Waals surface area contributed by atoms with Crippen LogP contribution in [-0.2, 0) is 28.0 Å². The lowest BCUT2D eigenvalue weighted by molar-refractivity contribution is -0.128. The molecule has 0 aliphatic carbocycles. The molecule has 33 heavy (non-hydrogen) atoms. The van der Waals surface area contributed by atoms with Crippen LogP contribution in [0.25, 0.3) is 10.4 Å². The third-order valence-electron chi connectivity index (χ3n) is 5.23. The Hall–Kier alpha value is -3.23. The summed E-state index contributed by atoms with van der Waals surface area (Å²) in [6.07, 6.45) is 0.614. The number of nitrogens with zero attached hydrogens (tertiary/aromatic N) is 1. The van der Waals surface area contributed by atoms with Crippen molar-refractivity contribution >= 4 is 23.3 Å². The van der Waals surface area contributed by atoms with E-state index in [2.05, 4.69) is 5.32 Å². The number of carbonyl (C=O) groups excluding carboxylic acids is 2. The van der Waals surface area contributed by atoms with Crippen molar-refractivity contribution in [2.24, 2.45) is 11.5 Å². The minimum Gasteiger partial charge on any atom is -0.368 e. The van der Waals surface area contributed by atoms with Crippen LogP contribution in [0.2, 0.25) is 0 Å². The normalized spacial score (nSPS) is 13.3. The molecule has 174 valence electrons. The first-order valence-corrected chi connectivity index (χ1v) is 11.5. The van der Waals surface area contributed by atoms with Gasteiger partial charge >= 0.3 is 0 Å². The van der Waals surface area contributed by atoms with Crippen LogP contribution in [-0.4, -0.2) is 27.9 Å². The summed E-state index contributed by atoms with van der Waals surface area (Å²) in [5, 5.41) is 2.68. The van der Waals surface area contributed by atoms with Gasteiger partial charge in [0, 0.05) is 12.5 Å². The van der Waals surface area contributed by atoms with E-state index in [1.807, 2.05) is 75.4 Å². The van der Waals surface area contributed by atoms with Gasteiger partial charge in [-0.05, 0) is 43.9 Å². The zero-order valence-electron chi connectivity index (χ0n) is 19.1. The van der Waals surface area contributed by atoms with Crippen LogP contribution in [0.15, 0.2) is 65.5 Å². The number of nitrogens with one attached hydrogen (secondary N) is 1. The van der Waals surface area contributed by atoms with Gasteiger partial charge < -0.3 is 16.8 Å². The minimum absolute atomic E-state index is 0.0325. The van der Waals surface area contributed by atoms with Crippen LogP contribution >= 0.6 is 11.5 Å². The SMILES string of the molecule is CC(C)(C)n1sc(-c2ccc(C[C@H](NC(=O)[C@@H](N)Cc3ccccc3)C(N)=O)cc2)cc1=O. The molecule has 1 aromatic heterocycles. The largest absolute Gasteiger partial charge is 0.368 e. The number of nitrogens with two attached hydrogens (primary N) is 2. The molecule has 5 N–H and O–H groups in total. The Labute approximate surface area is 197 Å². The van der Waals surface area contributed by atoms with Crippen molar-refractivity contribution in [1.82, 2.24) is 9.27 Å². The van der Waals surface area contributed by atoms with Gasteiger partial charge in [-0.15, -0.1) is 0 Å². The topological polar surface area (TPSA) is 120 Å². The average molecular weight is 467 g/mol. The molecule has 2 amide bonds. The number of hydrogen-bond acceptors (Lipinski definition) is 5. The maximum Gasteiger partial charge on any atom is 0.261 e. The molecule has 0 saturated heterocycles. The number of aromatic nitrogens is 1. The molecule has 3 aromatic rings. The van der Waals surface area contributed by atoms with Crippen molar-refractivity contribution in [3.8, 4) is 10.4 Å². The van der Waals surface area contributed by atoms with Gasteiger partial charge in [-0.2, -0.15) is 0 Å². The monoisotopic (exact) mass is 466 g/mol. The second-order valence-corrected chi connectivity index (χ2v) is 10.1. The van der Waals surface area contributed by atoms with E-state index < -0.39 is 23.9 Å². The zero-order valence-corrected chi connectivity index (χ0v) is 19.9. The van der Waals surface area contributed by atoms with Crippen LogP contribution in [0.1, 0.15) is 31.9 Å². The van der Waals surface area contributed by atoms with Crippen LogP contribution in [0.5, 0.6) is 0 Å². The Kier molecular flexibility index (Phi) is 7.50. The van der Waals surface area contributed by atoms with E-state index in [0.717, 1.165) is 21.6 Å². The fourth-order valence-electron chi connectivity index (χ4n) is 3.45. The Morgan fingerprint density at radius 1 is 1.00 bits per heavy atom. The van der Waals surface area contributed by atoms with E-state index in [-0.39, 0.29) is 17.5 Å². The third kappa shape index (κ3) is 6.40. The fraction of sp³-hybridized carbons (Fsp3) is 0.320. The second kappa shape index (κ2) is 10.1. The highest BCUT2D eigenvalue weighted by Gasteiger charge is 2.23. The summed E-state index contributed by atoms with van der Waals surface area (Å²) in [5.41, 5.74) is 13.9. The minimum atomic E-state index is -0.872. The molecule has 2 aromatic carbocycles. The van der Waals surface area contributed by atoms with Crippen molar-refractivity contribution in [2.75, 3.05) is 0 Å². The Morgan fingerprint density at radius 2 is 1.61 bits per heavy atom. The van der Waals surface area contributed by atoms with Crippen LogP contribution in [0.4, 0.5) is 0 Å². The molecule has 0 radical (unpaired) electrons. The molecule has 0 unspecified atom stereocenters. The molecule has 1 heterocycles. The molecule has 2 atom stereocenters. The Morgan fingerprint density at radius 3 is 2.15 bits per heavy atom. The van der Waals surface area contributed by atoms with E-state index in [0.29, 0.717) is 6.42 Å². The number of hydrogen-bond donors (Lipinski definition) is 3. The zero-order chi connectivity index (χ0) is 24.2. The summed E-state index contributed by atoms with van der Waals surface area (Å²) in [4.78, 5) is 37.7. The lowest BCUT2D eigenvalue weighted by Crippen LogP contribution is -2.51. The molecule has 8 heteroatoms. The molecule has 7 nitrogen and oxygen atoms in total. The first kappa shape index (κ1) is 24.4. The fourth-order valence-corrected chi connectivity index (χ4v) is 4.46. The summed E-state index contributed by atoms with van der Waals surface area (Å²) in [7, 11) is 0. The highest BCUT2D eigenvalue weighted by Crippen LogP contribution is 2.27. The summed E-state index contributed by atoms with van der Waals surface area (Å²) in [5.74, 6) is -1.05. The molecule has 0 aliphatic rings. The van der Waals surface area contributed by atoms with E-state index in [4.69, 9.17) is 11.5 Å². The Balaban J connectivity index is 1.67. The van der Waals surface area contributed by atoms with Crippen LogP contribution < -0.4 is 22.3 Å². The number of rotatable bonds is 8. The van der Waals surface area contributed by atoms with Crippen molar-refractivity contribution in [1.29, 1.82) is 0 Å². The maximum absolute atomic E-state index is 12.5. The highest BCUT2D eigenvalue weighted by molar-refractivity contribution is 7.10. The highest BCUT2D eigenvalue weighted by atomic mass is 32.1. The summed E-state index contributed by atoms with van der Waals surface area (Å²) < 4.78 is 1.74. The van der Waals surface area contributed by atoms with Crippen molar-refractivity contribution in [3.63, 3.8) is 0 Å². The standard InChI is InChI=1S/C25H30N4O3S/c1-25(2,3)29-22(30)15-21(33-29)18-11-9-17(10-12-18)14-20(23(27)31)28-24(32)19(26)13-16-7-5-4-6-8-16/h4-12,15,19-20H,13-14,26H2,1-3H3,(H2,27,31)(H,28,32)/t19-,20-/m0/s1. The van der Waals surface area contributed by atoms with Crippen molar-refractivity contribution in [3.05, 3.63) is 82.1 Å². The van der Waals surface area contributed by atoms with Crippen molar-refractivity contribution in [2.45, 2.75) is 51.2 Å². The first-order chi connectivity index (χ1) is 15.5. The van der Waals surface area contributed by atoms with E-state index >= 15 is 0 Å². The number of carbonyl (C=O) groups is 2. The Bertz CT molecular complexity index is 1160. The van der Waals surface area contributed by atoms with E-state index in [9.17, 15) is 14.4 Å². The summed E-state index contributed by atoms with van der Waals surface area (Å²) >= 11 is 1.42. The van der Waals surface area contributed by atoms with Gasteiger partial charge in [0.05, 0.1) is 16.5 Å². The predicted octanol–water partition coefficient (Wildman–Crippen LogP) is 2.41. The number of amides is 2. The first-order valence-electron chi connectivity index (χ1n) is 10.8. The van der Waals surface area contributed by atoms with E-state index in [1.165, 1.54) is 11.5 Å². The molecule has 0 saturated carbocycles. The molecule has 0 aliphatic heterocycles. The lowest BCUT2D eigenvalue weighted by Gasteiger charge is -2.19. The molecule has 3 rings (SSSR count). The predicted molar refractivity (Wildman–Crippen MR) is 132 cm³/mol. The average Bonchev–Trinajstić information content (AvgIpc) is 3.16. The van der Waals surface area contributed by atoms with Gasteiger partial charge in [-0.1, -0.05) is 66.1 Å². The lowest BCUT2D eigenvalue weighted by atomic mass is 10.0. The van der Waals surface area contributed by atoms with Gasteiger partial charge in [-0.3, -0.25) is 18.3 Å². The van der Waals surface area contributed by atoms with Gasteiger partial charge in [-0.25, -0.2) is 0 Å². The summed E-state index contributed by atoms with van der Waals surface area (Å²) in [6.45, 7) is 5.96. The van der Waals surface area contributed by atoms with Crippen molar-refractivity contribution < 1.29 is 9.59 Å². The van der Waals surface area contributed by atoms with Gasteiger partial charge in [0.25, 0.3) is 5.56 Å². The van der Waals surface area contributed by atoms with Crippen LogP contribution in [0, 0.1) is 0 Å². The van der Waals surface area contributed by atoms with Crippen LogP contribution in [0.3, 0.4) is 0 Å². The van der Waals surface area contributed by atoms with E-state index in [1.54, 1.807) is 10.0 Å². The van der Waals surface area contributed by atoms with Gasteiger partial charge in [0.2, 0.25) is 11.8 Å². The van der Waals surface area contributed by atoms with Gasteiger partial charge in [0.15, 0.2) is 0 Å². The number of primary amides is 1.